The number of sulfonamides is 1. The number of hydrogen-bond donors (Lipinski definition) is 2. The van der Waals surface area contributed by atoms with E-state index in [0.29, 0.717) is 12.4 Å². The fourth-order valence-electron chi connectivity index (χ4n) is 3.44. The molecule has 2 N–H and O–H groups in total. The van der Waals surface area contributed by atoms with Crippen LogP contribution >= 0.6 is 0 Å². The zero-order valence-electron chi connectivity index (χ0n) is 21.1. The smallest absolute Gasteiger partial charge is 0.264 e. The van der Waals surface area contributed by atoms with Crippen LogP contribution in [0.15, 0.2) is 77.7 Å². The predicted octanol–water partition coefficient (Wildman–Crippen LogP) is 4.59. The van der Waals surface area contributed by atoms with Crippen LogP contribution in [-0.4, -0.2) is 38.9 Å². The highest BCUT2D eigenvalue weighted by Crippen LogP contribution is 2.26. The number of nitrogens with zero attached hydrogens (tertiary/aromatic N) is 1. The molecule has 0 fully saturated rings. The second kappa shape index (κ2) is 11.4. The first-order valence-corrected chi connectivity index (χ1v) is 13.1. The molecular weight excluding hydrogens is 497 g/mol. The third kappa shape index (κ3) is 7.29. The van der Waals surface area contributed by atoms with Crippen molar-refractivity contribution in [3.05, 3.63) is 84.2 Å². The van der Waals surface area contributed by atoms with E-state index in [1.165, 1.54) is 36.4 Å². The van der Waals surface area contributed by atoms with Crippen LogP contribution in [0.25, 0.3) is 0 Å². The summed E-state index contributed by atoms with van der Waals surface area (Å²) in [6, 6.07) is 17.0. The van der Waals surface area contributed by atoms with E-state index in [9.17, 15) is 22.4 Å². The first-order valence-electron chi connectivity index (χ1n) is 11.6. The summed E-state index contributed by atoms with van der Waals surface area (Å²) in [6.45, 7) is 7.11. The summed E-state index contributed by atoms with van der Waals surface area (Å²) in [4.78, 5) is 25.8. The minimum Gasteiger partial charge on any atom is -0.494 e. The van der Waals surface area contributed by atoms with Gasteiger partial charge in [0.1, 0.15) is 18.1 Å². The zero-order chi connectivity index (χ0) is 27.2. The Hall–Kier alpha value is -3.92. The standard InChI is InChI=1S/C27H30FN3O5S/c1-5-36-21-14-16-22(17-15-21)37(34,35)31(20-12-10-19(28)11-13-20)18-25(32)29-24-9-7-6-8-23(24)26(33)30-27(2,3)4/h6-17H,5,18H2,1-4H3,(H,29,32)(H,30,33). The normalized spacial score (nSPS) is 11.5. The van der Waals surface area contributed by atoms with Crippen molar-refractivity contribution in [3.8, 4) is 5.75 Å². The van der Waals surface area contributed by atoms with E-state index in [1.807, 2.05) is 27.7 Å². The average Bonchev–Trinajstić information content (AvgIpc) is 2.83. The monoisotopic (exact) mass is 527 g/mol. The molecule has 0 aliphatic heterocycles. The van der Waals surface area contributed by atoms with Crippen LogP contribution < -0.4 is 19.7 Å². The summed E-state index contributed by atoms with van der Waals surface area (Å²) in [7, 11) is -4.22. The lowest BCUT2D eigenvalue weighted by atomic mass is 10.1. The van der Waals surface area contributed by atoms with Gasteiger partial charge in [-0.2, -0.15) is 0 Å². The molecule has 0 aromatic heterocycles. The molecule has 0 radical (unpaired) electrons. The highest BCUT2D eigenvalue weighted by atomic mass is 32.2. The molecule has 8 nitrogen and oxygen atoms in total. The van der Waals surface area contributed by atoms with Gasteiger partial charge in [-0.25, -0.2) is 12.8 Å². The maximum absolute atomic E-state index is 13.6. The van der Waals surface area contributed by atoms with E-state index in [0.717, 1.165) is 16.4 Å². The van der Waals surface area contributed by atoms with Crippen LogP contribution in [0.2, 0.25) is 0 Å². The molecule has 2 amide bonds. The van der Waals surface area contributed by atoms with Gasteiger partial charge < -0.3 is 15.4 Å². The molecule has 0 heterocycles. The fourth-order valence-corrected chi connectivity index (χ4v) is 4.86. The van der Waals surface area contributed by atoms with Crippen LogP contribution in [0.4, 0.5) is 15.8 Å². The number of nitrogens with one attached hydrogen (secondary N) is 2. The largest absolute Gasteiger partial charge is 0.494 e. The van der Waals surface area contributed by atoms with E-state index >= 15 is 0 Å². The van der Waals surface area contributed by atoms with E-state index in [2.05, 4.69) is 10.6 Å². The third-order valence-corrected chi connectivity index (χ3v) is 6.85. The highest BCUT2D eigenvalue weighted by Gasteiger charge is 2.28. The van der Waals surface area contributed by atoms with Crippen LogP contribution in [0, 0.1) is 5.82 Å². The summed E-state index contributed by atoms with van der Waals surface area (Å²) < 4.78 is 46.9. The summed E-state index contributed by atoms with van der Waals surface area (Å²) >= 11 is 0. The van der Waals surface area contributed by atoms with Gasteiger partial charge in [0.15, 0.2) is 0 Å². The van der Waals surface area contributed by atoms with Gasteiger partial charge in [0.05, 0.1) is 28.4 Å². The molecule has 3 aromatic rings. The maximum atomic E-state index is 13.6. The topological polar surface area (TPSA) is 105 Å². The van der Waals surface area contributed by atoms with Gasteiger partial charge in [-0.05, 0) is 88.4 Å². The number of benzene rings is 3. The number of halogens is 1. The second-order valence-electron chi connectivity index (χ2n) is 9.19. The molecule has 0 saturated carbocycles. The van der Waals surface area contributed by atoms with Crippen molar-refractivity contribution < 1.29 is 27.1 Å². The Bertz CT molecular complexity index is 1350. The average molecular weight is 528 g/mol. The van der Waals surface area contributed by atoms with Crippen LogP contribution in [-0.2, 0) is 14.8 Å². The number of amides is 2. The summed E-state index contributed by atoms with van der Waals surface area (Å²) in [5.74, 6) is -1.13. The lowest BCUT2D eigenvalue weighted by molar-refractivity contribution is -0.114. The molecule has 10 heteroatoms. The molecular formula is C27H30FN3O5S. The van der Waals surface area contributed by atoms with E-state index in [-0.39, 0.29) is 27.7 Å². The van der Waals surface area contributed by atoms with Gasteiger partial charge in [-0.1, -0.05) is 12.1 Å². The van der Waals surface area contributed by atoms with Crippen molar-refractivity contribution in [2.45, 2.75) is 38.1 Å². The van der Waals surface area contributed by atoms with Gasteiger partial charge >= 0.3 is 0 Å². The third-order valence-electron chi connectivity index (χ3n) is 5.06. The van der Waals surface area contributed by atoms with Crippen molar-refractivity contribution in [2.75, 3.05) is 22.8 Å². The van der Waals surface area contributed by atoms with Crippen LogP contribution in [0.5, 0.6) is 5.75 Å². The zero-order valence-corrected chi connectivity index (χ0v) is 21.9. The number of rotatable bonds is 9. The Balaban J connectivity index is 1.91. The molecule has 0 aliphatic carbocycles. The molecule has 3 rings (SSSR count). The summed E-state index contributed by atoms with van der Waals surface area (Å²) in [5, 5.41) is 5.48. The van der Waals surface area contributed by atoms with Crippen molar-refractivity contribution in [3.63, 3.8) is 0 Å². The predicted molar refractivity (Wildman–Crippen MR) is 141 cm³/mol. The number of ether oxygens (including phenoxy) is 1. The number of anilines is 2. The minimum absolute atomic E-state index is 0.0713. The Morgan fingerprint density at radius 2 is 1.57 bits per heavy atom. The van der Waals surface area contributed by atoms with Gasteiger partial charge in [-0.15, -0.1) is 0 Å². The number of hydrogen-bond acceptors (Lipinski definition) is 5. The van der Waals surface area contributed by atoms with Crippen LogP contribution in [0.3, 0.4) is 0 Å². The van der Waals surface area contributed by atoms with Crippen molar-refractivity contribution in [1.29, 1.82) is 0 Å². The number of carbonyl (C=O) groups excluding carboxylic acids is 2. The second-order valence-corrected chi connectivity index (χ2v) is 11.1. The molecule has 196 valence electrons. The SMILES string of the molecule is CCOc1ccc(S(=O)(=O)N(CC(=O)Nc2ccccc2C(=O)NC(C)(C)C)c2ccc(F)cc2)cc1. The molecule has 0 saturated heterocycles. The quantitative estimate of drug-likeness (QED) is 0.424. The Kier molecular flexibility index (Phi) is 8.54. The van der Waals surface area contributed by atoms with E-state index in [1.54, 1.807) is 24.3 Å². The Morgan fingerprint density at radius 3 is 2.16 bits per heavy atom. The van der Waals surface area contributed by atoms with Crippen molar-refractivity contribution >= 4 is 33.2 Å². The van der Waals surface area contributed by atoms with Gasteiger partial charge in [0.25, 0.3) is 15.9 Å². The summed E-state index contributed by atoms with van der Waals surface area (Å²) in [5.41, 5.74) is 0.0591. The molecule has 0 aliphatic rings. The lowest BCUT2D eigenvalue weighted by Gasteiger charge is -2.25. The van der Waals surface area contributed by atoms with Gasteiger partial charge in [-0.3, -0.25) is 13.9 Å². The first kappa shape index (κ1) is 27.7. The molecule has 37 heavy (non-hydrogen) atoms. The Labute approximate surface area is 216 Å². The maximum Gasteiger partial charge on any atom is 0.264 e. The number of carbonyl (C=O) groups is 2. The van der Waals surface area contributed by atoms with E-state index < -0.39 is 33.8 Å². The molecule has 3 aromatic carbocycles. The van der Waals surface area contributed by atoms with Crippen molar-refractivity contribution in [1.82, 2.24) is 5.32 Å². The highest BCUT2D eigenvalue weighted by molar-refractivity contribution is 7.92. The van der Waals surface area contributed by atoms with Gasteiger partial charge in [0.2, 0.25) is 5.91 Å². The van der Waals surface area contributed by atoms with Crippen LogP contribution in [0.1, 0.15) is 38.1 Å². The van der Waals surface area contributed by atoms with E-state index in [4.69, 9.17) is 4.74 Å². The first-order chi connectivity index (χ1) is 17.4. The molecule has 0 unspecified atom stereocenters. The number of para-hydroxylation sites is 1. The lowest BCUT2D eigenvalue weighted by Crippen LogP contribution is -2.41. The van der Waals surface area contributed by atoms with Crippen molar-refractivity contribution in [2.24, 2.45) is 0 Å². The fraction of sp³-hybridized carbons (Fsp3) is 0.259. The molecule has 0 spiro atoms. The molecule has 0 atom stereocenters. The summed E-state index contributed by atoms with van der Waals surface area (Å²) in [6.07, 6.45) is 0. The Morgan fingerprint density at radius 1 is 0.946 bits per heavy atom. The van der Waals surface area contributed by atoms with Gasteiger partial charge in [0, 0.05) is 5.54 Å². The minimum atomic E-state index is -4.22. The molecule has 0 bridgehead atoms.